The van der Waals surface area contributed by atoms with E-state index in [0.717, 1.165) is 29.3 Å². The Bertz CT molecular complexity index is 1060. The van der Waals surface area contributed by atoms with Gasteiger partial charge in [-0.2, -0.15) is 0 Å². The van der Waals surface area contributed by atoms with Gasteiger partial charge in [-0.05, 0) is 42.3 Å². The minimum absolute atomic E-state index is 0.0735. The van der Waals surface area contributed by atoms with Gasteiger partial charge in [-0.15, -0.1) is 23.5 Å². The standard InChI is InChI=1S/C25H24N2O2S2/c28-24(27-16-14-19-8-4-6-12-22(19)27)18-31-23-13-7-5-11-21(23)25(29)26-15-17-30-20-9-2-1-3-10-20/h1-13H,14-18H2,(H,26,29). The van der Waals surface area contributed by atoms with Gasteiger partial charge in [0.2, 0.25) is 5.91 Å². The van der Waals surface area contributed by atoms with Crippen molar-refractivity contribution in [1.29, 1.82) is 0 Å². The molecule has 4 rings (SSSR count). The Balaban J connectivity index is 1.31. The number of carbonyl (C=O) groups is 2. The molecule has 0 aliphatic carbocycles. The first-order valence-corrected chi connectivity index (χ1v) is 12.3. The summed E-state index contributed by atoms with van der Waals surface area (Å²) in [6.45, 7) is 1.31. The molecule has 0 radical (unpaired) electrons. The lowest BCUT2D eigenvalue weighted by atomic mass is 10.2. The Morgan fingerprint density at radius 2 is 1.61 bits per heavy atom. The van der Waals surface area contributed by atoms with Crippen molar-refractivity contribution in [2.75, 3.05) is 29.5 Å². The third kappa shape index (κ3) is 5.51. The summed E-state index contributed by atoms with van der Waals surface area (Å²) in [5.41, 5.74) is 2.84. The average Bonchev–Trinajstić information content (AvgIpc) is 3.25. The van der Waals surface area contributed by atoms with E-state index in [-0.39, 0.29) is 11.8 Å². The van der Waals surface area contributed by atoms with E-state index in [2.05, 4.69) is 23.5 Å². The molecule has 2 amide bonds. The Kier molecular flexibility index (Phi) is 7.33. The molecule has 0 saturated heterocycles. The first-order valence-electron chi connectivity index (χ1n) is 10.3. The van der Waals surface area contributed by atoms with Gasteiger partial charge in [-0.25, -0.2) is 0 Å². The van der Waals surface area contributed by atoms with E-state index in [1.807, 2.05) is 65.6 Å². The molecular formula is C25H24N2O2S2. The monoisotopic (exact) mass is 448 g/mol. The molecule has 1 N–H and O–H groups in total. The topological polar surface area (TPSA) is 49.4 Å². The Hall–Kier alpha value is -2.70. The minimum Gasteiger partial charge on any atom is -0.351 e. The van der Waals surface area contributed by atoms with E-state index in [0.29, 0.717) is 17.9 Å². The van der Waals surface area contributed by atoms with Gasteiger partial charge in [0, 0.05) is 34.3 Å². The summed E-state index contributed by atoms with van der Waals surface area (Å²) in [4.78, 5) is 29.4. The molecule has 6 heteroatoms. The van der Waals surface area contributed by atoms with Gasteiger partial charge < -0.3 is 10.2 Å². The fourth-order valence-electron chi connectivity index (χ4n) is 3.54. The molecule has 158 valence electrons. The Morgan fingerprint density at radius 3 is 2.48 bits per heavy atom. The number of anilines is 1. The maximum atomic E-state index is 12.8. The SMILES string of the molecule is O=C(NCCSc1ccccc1)c1ccccc1SCC(=O)N1CCc2ccccc21. The van der Waals surface area contributed by atoms with E-state index in [9.17, 15) is 9.59 Å². The number of fused-ring (bicyclic) bond motifs is 1. The molecule has 3 aromatic carbocycles. The highest BCUT2D eigenvalue weighted by Crippen LogP contribution is 2.29. The number of nitrogens with zero attached hydrogens (tertiary/aromatic N) is 1. The number of benzene rings is 3. The number of para-hydroxylation sites is 1. The summed E-state index contributed by atoms with van der Waals surface area (Å²) >= 11 is 3.14. The molecule has 0 saturated carbocycles. The highest BCUT2D eigenvalue weighted by Gasteiger charge is 2.24. The van der Waals surface area contributed by atoms with Crippen LogP contribution < -0.4 is 10.2 Å². The first-order chi connectivity index (χ1) is 15.2. The van der Waals surface area contributed by atoms with Crippen LogP contribution in [0.2, 0.25) is 0 Å². The highest BCUT2D eigenvalue weighted by atomic mass is 32.2. The number of hydrogen-bond donors (Lipinski definition) is 1. The number of amides is 2. The number of rotatable bonds is 8. The quantitative estimate of drug-likeness (QED) is 0.394. The van der Waals surface area contributed by atoms with Crippen LogP contribution in [0.1, 0.15) is 15.9 Å². The lowest BCUT2D eigenvalue weighted by molar-refractivity contribution is -0.116. The van der Waals surface area contributed by atoms with Crippen molar-refractivity contribution in [3.63, 3.8) is 0 Å². The summed E-state index contributed by atoms with van der Waals surface area (Å²) in [6.07, 6.45) is 0.895. The smallest absolute Gasteiger partial charge is 0.252 e. The molecule has 0 spiro atoms. The summed E-state index contributed by atoms with van der Waals surface area (Å²) in [7, 11) is 0. The zero-order valence-corrected chi connectivity index (χ0v) is 18.8. The van der Waals surface area contributed by atoms with Crippen LogP contribution in [0.25, 0.3) is 0 Å². The fourth-order valence-corrected chi connectivity index (χ4v) is 5.26. The van der Waals surface area contributed by atoms with Crippen molar-refractivity contribution in [1.82, 2.24) is 5.32 Å². The Labute approximate surface area is 191 Å². The van der Waals surface area contributed by atoms with Gasteiger partial charge in [0.15, 0.2) is 0 Å². The van der Waals surface area contributed by atoms with E-state index < -0.39 is 0 Å². The van der Waals surface area contributed by atoms with Gasteiger partial charge in [-0.3, -0.25) is 9.59 Å². The van der Waals surface area contributed by atoms with E-state index in [1.165, 1.54) is 22.2 Å². The fraction of sp³-hybridized carbons (Fsp3) is 0.200. The maximum Gasteiger partial charge on any atom is 0.252 e. The molecule has 0 bridgehead atoms. The normalized spacial score (nSPS) is 12.5. The van der Waals surface area contributed by atoms with Crippen molar-refractivity contribution in [3.8, 4) is 0 Å². The number of thioether (sulfide) groups is 2. The van der Waals surface area contributed by atoms with Gasteiger partial charge in [0.1, 0.15) is 0 Å². The van der Waals surface area contributed by atoms with Crippen molar-refractivity contribution in [2.24, 2.45) is 0 Å². The van der Waals surface area contributed by atoms with Crippen molar-refractivity contribution >= 4 is 41.0 Å². The van der Waals surface area contributed by atoms with Crippen LogP contribution in [-0.4, -0.2) is 36.4 Å². The zero-order valence-electron chi connectivity index (χ0n) is 17.1. The molecule has 1 aliphatic rings. The Morgan fingerprint density at radius 1 is 0.871 bits per heavy atom. The minimum atomic E-state index is -0.101. The van der Waals surface area contributed by atoms with Crippen LogP contribution in [0.3, 0.4) is 0 Å². The van der Waals surface area contributed by atoms with Gasteiger partial charge >= 0.3 is 0 Å². The van der Waals surface area contributed by atoms with Crippen LogP contribution in [0, 0.1) is 0 Å². The van der Waals surface area contributed by atoms with Crippen molar-refractivity contribution in [2.45, 2.75) is 16.2 Å². The summed E-state index contributed by atoms with van der Waals surface area (Å²) < 4.78 is 0. The molecule has 0 aromatic heterocycles. The third-order valence-electron chi connectivity index (χ3n) is 5.07. The largest absolute Gasteiger partial charge is 0.351 e. The predicted molar refractivity (Wildman–Crippen MR) is 129 cm³/mol. The molecule has 1 heterocycles. The van der Waals surface area contributed by atoms with E-state index in [4.69, 9.17) is 0 Å². The van der Waals surface area contributed by atoms with Gasteiger partial charge in [0.05, 0.1) is 11.3 Å². The number of hydrogen-bond acceptors (Lipinski definition) is 4. The molecule has 31 heavy (non-hydrogen) atoms. The predicted octanol–water partition coefficient (Wildman–Crippen LogP) is 4.89. The van der Waals surface area contributed by atoms with Crippen molar-refractivity contribution < 1.29 is 9.59 Å². The van der Waals surface area contributed by atoms with E-state index in [1.54, 1.807) is 11.8 Å². The average molecular weight is 449 g/mol. The molecule has 3 aromatic rings. The molecule has 1 aliphatic heterocycles. The van der Waals surface area contributed by atoms with Crippen LogP contribution >= 0.6 is 23.5 Å². The van der Waals surface area contributed by atoms with E-state index >= 15 is 0 Å². The lowest BCUT2D eigenvalue weighted by Gasteiger charge is -2.17. The van der Waals surface area contributed by atoms with Gasteiger partial charge in [0.25, 0.3) is 5.91 Å². The second-order valence-corrected chi connectivity index (χ2v) is 9.31. The van der Waals surface area contributed by atoms with Crippen LogP contribution in [0.15, 0.2) is 88.7 Å². The molecule has 0 unspecified atom stereocenters. The summed E-state index contributed by atoms with van der Waals surface area (Å²) in [5, 5.41) is 3.00. The second-order valence-electron chi connectivity index (χ2n) is 7.13. The molecule has 4 nitrogen and oxygen atoms in total. The third-order valence-corrected chi connectivity index (χ3v) is 7.14. The second kappa shape index (κ2) is 10.6. The van der Waals surface area contributed by atoms with Crippen LogP contribution in [-0.2, 0) is 11.2 Å². The zero-order chi connectivity index (χ0) is 21.5. The number of nitrogens with one attached hydrogen (secondary N) is 1. The number of carbonyl (C=O) groups excluding carboxylic acids is 2. The van der Waals surface area contributed by atoms with Crippen molar-refractivity contribution in [3.05, 3.63) is 90.0 Å². The summed E-state index contributed by atoms with van der Waals surface area (Å²) in [5.74, 6) is 1.08. The lowest BCUT2D eigenvalue weighted by Crippen LogP contribution is -2.30. The first kappa shape index (κ1) is 21.5. The maximum absolute atomic E-state index is 12.8. The van der Waals surface area contributed by atoms with Crippen LogP contribution in [0.5, 0.6) is 0 Å². The van der Waals surface area contributed by atoms with Crippen LogP contribution in [0.4, 0.5) is 5.69 Å². The van der Waals surface area contributed by atoms with Gasteiger partial charge in [-0.1, -0.05) is 48.5 Å². The highest BCUT2D eigenvalue weighted by molar-refractivity contribution is 8.00. The molecular weight excluding hydrogens is 424 g/mol. The summed E-state index contributed by atoms with van der Waals surface area (Å²) in [6, 6.07) is 25.7. The molecule has 0 fully saturated rings. The molecule has 0 atom stereocenters.